The molecular formula is C21H27N3O3S. The van der Waals surface area contributed by atoms with Crippen molar-refractivity contribution in [1.29, 1.82) is 0 Å². The molecule has 0 saturated carbocycles. The Morgan fingerprint density at radius 1 is 1.14 bits per heavy atom. The zero-order valence-corrected chi connectivity index (χ0v) is 17.6. The highest BCUT2D eigenvalue weighted by Crippen LogP contribution is 2.30. The van der Waals surface area contributed by atoms with Gasteiger partial charge in [-0.1, -0.05) is 6.07 Å². The van der Waals surface area contributed by atoms with Crippen molar-refractivity contribution in [3.05, 3.63) is 53.6 Å². The summed E-state index contributed by atoms with van der Waals surface area (Å²) in [6.45, 7) is 9.58. The van der Waals surface area contributed by atoms with Crippen molar-refractivity contribution in [2.24, 2.45) is 0 Å². The number of rotatable bonds is 5. The molecule has 1 heterocycles. The van der Waals surface area contributed by atoms with Gasteiger partial charge in [0, 0.05) is 35.6 Å². The highest BCUT2D eigenvalue weighted by molar-refractivity contribution is 7.92. The van der Waals surface area contributed by atoms with E-state index in [1.54, 1.807) is 36.4 Å². The number of likely N-dealkylation sites (N-methyl/N-ethyl adjacent to an activating group) is 1. The summed E-state index contributed by atoms with van der Waals surface area (Å²) < 4.78 is 28.3. The molecule has 1 aliphatic rings. The minimum absolute atomic E-state index is 0.230. The van der Waals surface area contributed by atoms with Crippen LogP contribution in [0.5, 0.6) is 0 Å². The van der Waals surface area contributed by atoms with Crippen molar-refractivity contribution in [1.82, 2.24) is 5.32 Å². The summed E-state index contributed by atoms with van der Waals surface area (Å²) in [5.74, 6) is -0.245. The number of benzene rings is 2. The third kappa shape index (κ3) is 4.47. The van der Waals surface area contributed by atoms with Gasteiger partial charge in [0.1, 0.15) is 0 Å². The summed E-state index contributed by atoms with van der Waals surface area (Å²) in [5, 5.41) is 2.87. The molecule has 150 valence electrons. The molecule has 6 nitrogen and oxygen atoms in total. The van der Waals surface area contributed by atoms with E-state index in [4.69, 9.17) is 0 Å². The number of hydrogen-bond acceptors (Lipinski definition) is 4. The molecule has 1 aliphatic heterocycles. The first-order valence-corrected chi connectivity index (χ1v) is 10.9. The number of fused-ring (bicyclic) bond motifs is 1. The summed E-state index contributed by atoms with van der Waals surface area (Å²) in [6.07, 6.45) is 0.842. The normalized spacial score (nSPS) is 13.9. The number of hydrogen-bond donors (Lipinski definition) is 2. The summed E-state index contributed by atoms with van der Waals surface area (Å²) in [6, 6.07) is 11.7. The molecule has 0 unspecified atom stereocenters. The first-order chi connectivity index (χ1) is 13.1. The van der Waals surface area contributed by atoms with Crippen LogP contribution in [0.25, 0.3) is 0 Å². The zero-order chi connectivity index (χ0) is 20.5. The van der Waals surface area contributed by atoms with E-state index in [0.717, 1.165) is 30.8 Å². The molecule has 7 heteroatoms. The Bertz CT molecular complexity index is 994. The fraction of sp³-hybridized carbons (Fsp3) is 0.381. The van der Waals surface area contributed by atoms with E-state index in [9.17, 15) is 13.2 Å². The summed E-state index contributed by atoms with van der Waals surface area (Å²) in [4.78, 5) is 14.8. The molecule has 0 aliphatic carbocycles. The molecule has 3 rings (SSSR count). The highest BCUT2D eigenvalue weighted by Gasteiger charge is 2.22. The fourth-order valence-electron chi connectivity index (χ4n) is 3.29. The molecule has 0 saturated heterocycles. The van der Waals surface area contributed by atoms with Crippen molar-refractivity contribution in [3.63, 3.8) is 0 Å². The lowest BCUT2D eigenvalue weighted by Gasteiger charge is -2.20. The largest absolute Gasteiger partial charge is 0.371 e. The third-order valence-corrected chi connectivity index (χ3v) is 5.98. The predicted molar refractivity (Wildman–Crippen MR) is 113 cm³/mol. The van der Waals surface area contributed by atoms with Gasteiger partial charge < -0.3 is 10.2 Å². The second-order valence-electron chi connectivity index (χ2n) is 8.01. The van der Waals surface area contributed by atoms with Crippen LogP contribution in [0.15, 0.2) is 47.4 Å². The van der Waals surface area contributed by atoms with E-state index >= 15 is 0 Å². The average Bonchev–Trinajstić information content (AvgIpc) is 3.02. The lowest BCUT2D eigenvalue weighted by Crippen LogP contribution is -2.40. The molecular weight excluding hydrogens is 374 g/mol. The van der Waals surface area contributed by atoms with Crippen molar-refractivity contribution in [2.75, 3.05) is 22.7 Å². The summed E-state index contributed by atoms with van der Waals surface area (Å²) in [7, 11) is -3.74. The van der Waals surface area contributed by atoms with E-state index in [1.165, 1.54) is 0 Å². The smallest absolute Gasteiger partial charge is 0.261 e. The minimum atomic E-state index is -3.74. The Kier molecular flexibility index (Phi) is 5.39. The topological polar surface area (TPSA) is 78.5 Å². The minimum Gasteiger partial charge on any atom is -0.371 e. The maximum Gasteiger partial charge on any atom is 0.261 e. The van der Waals surface area contributed by atoms with Gasteiger partial charge in [0.05, 0.1) is 4.90 Å². The van der Waals surface area contributed by atoms with E-state index in [1.807, 2.05) is 26.8 Å². The molecule has 2 aromatic carbocycles. The first-order valence-electron chi connectivity index (χ1n) is 9.42. The fourth-order valence-corrected chi connectivity index (χ4v) is 4.39. The van der Waals surface area contributed by atoms with Crippen LogP contribution in [0, 0.1) is 0 Å². The van der Waals surface area contributed by atoms with E-state index in [0.29, 0.717) is 11.3 Å². The van der Waals surface area contributed by atoms with Gasteiger partial charge in [-0.3, -0.25) is 9.52 Å². The van der Waals surface area contributed by atoms with Gasteiger partial charge in [-0.05, 0) is 76.1 Å². The SMILES string of the molecule is CCN1CCc2cc(S(=O)(=O)Nc3cccc(C(=O)NC(C)(C)C)c3)ccc21. The number of carbonyl (C=O) groups is 1. The van der Waals surface area contributed by atoms with Crippen LogP contribution in [0.4, 0.5) is 11.4 Å². The zero-order valence-electron chi connectivity index (χ0n) is 16.7. The van der Waals surface area contributed by atoms with Crippen LogP contribution in [0.1, 0.15) is 43.6 Å². The standard InChI is InChI=1S/C21H27N3O3S/c1-5-24-12-11-15-14-18(9-10-19(15)24)28(26,27)23-17-8-6-7-16(13-17)20(25)22-21(2,3)4/h6-10,13-14,23H,5,11-12H2,1-4H3,(H,22,25). The number of sulfonamides is 1. The van der Waals surface area contributed by atoms with Gasteiger partial charge >= 0.3 is 0 Å². The van der Waals surface area contributed by atoms with E-state index < -0.39 is 10.0 Å². The summed E-state index contributed by atoms with van der Waals surface area (Å²) in [5.41, 5.74) is 2.54. The molecule has 0 bridgehead atoms. The third-order valence-electron chi connectivity index (χ3n) is 4.60. The number of carbonyl (C=O) groups excluding carboxylic acids is 1. The Morgan fingerprint density at radius 2 is 1.89 bits per heavy atom. The van der Waals surface area contributed by atoms with Gasteiger partial charge in [-0.15, -0.1) is 0 Å². The van der Waals surface area contributed by atoms with Crippen LogP contribution in [-0.4, -0.2) is 33.0 Å². The molecule has 0 atom stereocenters. The second kappa shape index (κ2) is 7.47. The highest BCUT2D eigenvalue weighted by atomic mass is 32.2. The van der Waals surface area contributed by atoms with Gasteiger partial charge in [0.25, 0.3) is 15.9 Å². The van der Waals surface area contributed by atoms with Crippen LogP contribution < -0.4 is 14.9 Å². The van der Waals surface area contributed by atoms with Crippen LogP contribution in [0.2, 0.25) is 0 Å². The van der Waals surface area contributed by atoms with Crippen molar-refractivity contribution in [3.8, 4) is 0 Å². The molecule has 0 aromatic heterocycles. The number of nitrogens with zero attached hydrogens (tertiary/aromatic N) is 1. The molecule has 0 spiro atoms. The molecule has 0 fully saturated rings. The average molecular weight is 402 g/mol. The molecule has 28 heavy (non-hydrogen) atoms. The van der Waals surface area contributed by atoms with Crippen molar-refractivity contribution in [2.45, 2.75) is 44.6 Å². The van der Waals surface area contributed by atoms with Crippen LogP contribution in [0.3, 0.4) is 0 Å². The Morgan fingerprint density at radius 3 is 2.57 bits per heavy atom. The van der Waals surface area contributed by atoms with Crippen LogP contribution in [-0.2, 0) is 16.4 Å². The molecule has 2 aromatic rings. The lowest BCUT2D eigenvalue weighted by atomic mass is 10.1. The predicted octanol–water partition coefficient (Wildman–Crippen LogP) is 3.40. The van der Waals surface area contributed by atoms with Gasteiger partial charge in [-0.2, -0.15) is 0 Å². The lowest BCUT2D eigenvalue weighted by molar-refractivity contribution is 0.0919. The maximum absolute atomic E-state index is 12.8. The number of anilines is 2. The van der Waals surface area contributed by atoms with Crippen molar-refractivity contribution >= 4 is 27.3 Å². The Hall–Kier alpha value is -2.54. The number of nitrogens with one attached hydrogen (secondary N) is 2. The first kappa shape index (κ1) is 20.2. The van der Waals surface area contributed by atoms with Crippen LogP contribution >= 0.6 is 0 Å². The second-order valence-corrected chi connectivity index (χ2v) is 9.69. The Balaban J connectivity index is 1.82. The summed E-state index contributed by atoms with van der Waals surface area (Å²) >= 11 is 0. The van der Waals surface area contributed by atoms with E-state index in [2.05, 4.69) is 21.9 Å². The molecule has 0 radical (unpaired) electrons. The number of amides is 1. The van der Waals surface area contributed by atoms with Gasteiger partial charge in [0.15, 0.2) is 0 Å². The molecule has 2 N–H and O–H groups in total. The Labute approximate surface area is 167 Å². The maximum atomic E-state index is 12.8. The quantitative estimate of drug-likeness (QED) is 0.805. The van der Waals surface area contributed by atoms with Crippen molar-refractivity contribution < 1.29 is 13.2 Å². The molecule has 1 amide bonds. The van der Waals surface area contributed by atoms with E-state index in [-0.39, 0.29) is 16.3 Å². The van der Waals surface area contributed by atoms with Gasteiger partial charge in [-0.25, -0.2) is 8.42 Å². The monoisotopic (exact) mass is 401 g/mol. The van der Waals surface area contributed by atoms with Gasteiger partial charge in [0.2, 0.25) is 0 Å².